The fourth-order valence-corrected chi connectivity index (χ4v) is 2.07. The zero-order valence-electron chi connectivity index (χ0n) is 10.4. The van der Waals surface area contributed by atoms with Crippen molar-refractivity contribution in [1.29, 1.82) is 0 Å². The Hall–Kier alpha value is -0.280. The summed E-state index contributed by atoms with van der Waals surface area (Å²) in [5, 5.41) is 46.7. The Bertz CT molecular complexity index is 235. The van der Waals surface area contributed by atoms with E-state index in [0.29, 0.717) is 0 Å². The lowest BCUT2D eigenvalue weighted by molar-refractivity contribution is -0.120. The van der Waals surface area contributed by atoms with Gasteiger partial charge in [0, 0.05) is 12.6 Å². The van der Waals surface area contributed by atoms with Gasteiger partial charge in [0.25, 0.3) is 0 Å². The zero-order valence-corrected chi connectivity index (χ0v) is 10.4. The molecule has 18 heavy (non-hydrogen) atoms. The molecule has 7 heteroatoms. The molecule has 7 N–H and O–H groups in total. The van der Waals surface area contributed by atoms with E-state index in [4.69, 9.17) is 10.8 Å². The van der Waals surface area contributed by atoms with Gasteiger partial charge >= 0.3 is 0 Å². The molecule has 7 nitrogen and oxygen atoms in total. The number of aliphatic hydroxyl groups is 5. The van der Waals surface area contributed by atoms with E-state index in [2.05, 4.69) is 0 Å². The van der Waals surface area contributed by atoms with Gasteiger partial charge in [0.15, 0.2) is 0 Å². The molecule has 0 amide bonds. The van der Waals surface area contributed by atoms with Gasteiger partial charge in [0.05, 0.1) is 12.7 Å². The summed E-state index contributed by atoms with van der Waals surface area (Å²) < 4.78 is 0. The Kier molecular flexibility index (Phi) is 6.44. The number of aliphatic hydroxyl groups excluding tert-OH is 5. The smallest absolute Gasteiger partial charge is 0.111 e. The largest absolute Gasteiger partial charge is 0.394 e. The lowest BCUT2D eigenvalue weighted by Crippen LogP contribution is -2.51. The van der Waals surface area contributed by atoms with E-state index >= 15 is 0 Å². The minimum Gasteiger partial charge on any atom is -0.394 e. The topological polar surface area (TPSA) is 130 Å². The Labute approximate surface area is 106 Å². The normalized spacial score (nSPS) is 25.7. The highest BCUT2D eigenvalue weighted by atomic mass is 16.4. The van der Waals surface area contributed by atoms with E-state index in [1.54, 1.807) is 0 Å². The van der Waals surface area contributed by atoms with E-state index in [0.717, 1.165) is 25.9 Å². The van der Waals surface area contributed by atoms with Gasteiger partial charge < -0.3 is 36.2 Å². The molecule has 4 atom stereocenters. The molecule has 0 aromatic heterocycles. The average Bonchev–Trinajstić information content (AvgIpc) is 2.38. The molecule has 1 fully saturated rings. The number of hydrogen-bond donors (Lipinski definition) is 6. The van der Waals surface area contributed by atoms with Crippen LogP contribution < -0.4 is 5.73 Å². The van der Waals surface area contributed by atoms with Gasteiger partial charge in [-0.3, -0.25) is 0 Å². The van der Waals surface area contributed by atoms with E-state index in [9.17, 15) is 20.4 Å². The van der Waals surface area contributed by atoms with Crippen LogP contribution >= 0.6 is 0 Å². The SMILES string of the molecule is NC1CCN(C[C@H](O)[C@@H](O)[C@H](O)[C@H](O)CO)CC1. The number of rotatable bonds is 6. The maximum absolute atomic E-state index is 9.78. The lowest BCUT2D eigenvalue weighted by atomic mass is 10.0. The van der Waals surface area contributed by atoms with Crippen molar-refractivity contribution in [1.82, 2.24) is 4.90 Å². The van der Waals surface area contributed by atoms with Gasteiger partial charge in [-0.25, -0.2) is 0 Å². The first-order valence-electron chi connectivity index (χ1n) is 6.26. The van der Waals surface area contributed by atoms with Crippen LogP contribution in [-0.2, 0) is 0 Å². The second kappa shape index (κ2) is 7.34. The Morgan fingerprint density at radius 2 is 1.50 bits per heavy atom. The summed E-state index contributed by atoms with van der Waals surface area (Å²) in [6.45, 7) is 1.03. The van der Waals surface area contributed by atoms with Crippen LogP contribution in [0.15, 0.2) is 0 Å². The second-order valence-electron chi connectivity index (χ2n) is 4.94. The zero-order chi connectivity index (χ0) is 13.7. The van der Waals surface area contributed by atoms with E-state index in [-0.39, 0.29) is 12.6 Å². The van der Waals surface area contributed by atoms with Crippen LogP contribution in [0.4, 0.5) is 0 Å². The summed E-state index contributed by atoms with van der Waals surface area (Å²) in [6, 6.07) is 0.185. The summed E-state index contributed by atoms with van der Waals surface area (Å²) in [5.41, 5.74) is 5.75. The van der Waals surface area contributed by atoms with Crippen molar-refractivity contribution in [2.45, 2.75) is 43.3 Å². The van der Waals surface area contributed by atoms with Gasteiger partial charge in [-0.2, -0.15) is 0 Å². The maximum atomic E-state index is 9.78. The molecule has 1 aliphatic rings. The molecule has 0 aliphatic carbocycles. The fourth-order valence-electron chi connectivity index (χ4n) is 2.07. The first-order valence-corrected chi connectivity index (χ1v) is 6.26. The number of likely N-dealkylation sites (tertiary alicyclic amines) is 1. The first-order chi connectivity index (χ1) is 8.45. The first kappa shape index (κ1) is 15.8. The Morgan fingerprint density at radius 3 is 2.00 bits per heavy atom. The molecule has 108 valence electrons. The van der Waals surface area contributed by atoms with Crippen LogP contribution in [0.25, 0.3) is 0 Å². The molecular weight excluding hydrogens is 240 g/mol. The van der Waals surface area contributed by atoms with E-state index in [1.807, 2.05) is 4.90 Å². The average molecular weight is 264 g/mol. The minimum absolute atomic E-state index is 0.185. The molecule has 0 bridgehead atoms. The molecule has 0 radical (unpaired) electrons. The highest BCUT2D eigenvalue weighted by Crippen LogP contribution is 2.11. The van der Waals surface area contributed by atoms with Crippen LogP contribution in [0.2, 0.25) is 0 Å². The highest BCUT2D eigenvalue weighted by Gasteiger charge is 2.31. The Balaban J connectivity index is 2.37. The molecule has 0 aromatic carbocycles. The summed E-state index contributed by atoms with van der Waals surface area (Å²) in [7, 11) is 0. The molecule has 1 heterocycles. The molecule has 0 aromatic rings. The van der Waals surface area contributed by atoms with Crippen LogP contribution in [0.5, 0.6) is 0 Å². The van der Waals surface area contributed by atoms with Crippen molar-refractivity contribution in [3.05, 3.63) is 0 Å². The summed E-state index contributed by atoms with van der Waals surface area (Å²) >= 11 is 0. The number of β-amino-alcohol motifs (C(OH)–C–C–N with tert-alkyl or cyclic N) is 1. The predicted molar refractivity (Wildman–Crippen MR) is 64.8 cm³/mol. The van der Waals surface area contributed by atoms with Crippen LogP contribution in [0.1, 0.15) is 12.8 Å². The van der Waals surface area contributed by atoms with Crippen molar-refractivity contribution >= 4 is 0 Å². The van der Waals surface area contributed by atoms with Crippen molar-refractivity contribution in [3.63, 3.8) is 0 Å². The maximum Gasteiger partial charge on any atom is 0.111 e. The summed E-state index contributed by atoms with van der Waals surface area (Å²) in [5.74, 6) is 0. The quantitative estimate of drug-likeness (QED) is 0.299. The van der Waals surface area contributed by atoms with Crippen LogP contribution in [-0.4, -0.2) is 87.1 Å². The molecule has 0 unspecified atom stereocenters. The molecule has 0 saturated carbocycles. The van der Waals surface area contributed by atoms with Crippen molar-refractivity contribution in [3.8, 4) is 0 Å². The van der Waals surface area contributed by atoms with Crippen molar-refractivity contribution < 1.29 is 25.5 Å². The molecule has 1 rings (SSSR count). The minimum atomic E-state index is -1.56. The standard InChI is InChI=1S/C11H24N2O5/c12-7-1-3-13(4-2-7)5-8(15)10(17)11(18)9(16)6-14/h7-11,14-18H,1-6,12H2/t8-,9+,10+,11+/m0/s1. The number of nitrogens with two attached hydrogens (primary N) is 1. The third-order valence-corrected chi connectivity index (χ3v) is 3.40. The van der Waals surface area contributed by atoms with Crippen molar-refractivity contribution in [2.24, 2.45) is 5.73 Å². The lowest BCUT2D eigenvalue weighted by Gasteiger charge is -2.34. The predicted octanol–water partition coefficient (Wildman–Crippen LogP) is -3.15. The fraction of sp³-hybridized carbons (Fsp3) is 1.00. The van der Waals surface area contributed by atoms with Gasteiger partial charge in [-0.05, 0) is 25.9 Å². The monoisotopic (exact) mass is 264 g/mol. The number of hydrogen-bond acceptors (Lipinski definition) is 7. The molecular formula is C11H24N2O5. The van der Waals surface area contributed by atoms with Gasteiger partial charge in [-0.15, -0.1) is 0 Å². The third kappa shape index (κ3) is 4.43. The number of nitrogens with zero attached hydrogens (tertiary/aromatic N) is 1. The second-order valence-corrected chi connectivity index (χ2v) is 4.94. The van der Waals surface area contributed by atoms with Gasteiger partial charge in [0.2, 0.25) is 0 Å². The molecule has 1 saturated heterocycles. The van der Waals surface area contributed by atoms with E-state index in [1.165, 1.54) is 0 Å². The van der Waals surface area contributed by atoms with Gasteiger partial charge in [0.1, 0.15) is 18.3 Å². The molecule has 1 aliphatic heterocycles. The highest BCUT2D eigenvalue weighted by molar-refractivity contribution is 4.84. The summed E-state index contributed by atoms with van der Waals surface area (Å²) in [4.78, 5) is 1.95. The van der Waals surface area contributed by atoms with Crippen molar-refractivity contribution in [2.75, 3.05) is 26.2 Å². The van der Waals surface area contributed by atoms with Crippen LogP contribution in [0.3, 0.4) is 0 Å². The summed E-state index contributed by atoms with van der Waals surface area (Å²) in [6.07, 6.45) is -3.99. The Morgan fingerprint density at radius 1 is 1.00 bits per heavy atom. The molecule has 0 spiro atoms. The van der Waals surface area contributed by atoms with E-state index < -0.39 is 31.0 Å². The third-order valence-electron chi connectivity index (χ3n) is 3.40. The van der Waals surface area contributed by atoms with Crippen LogP contribution in [0, 0.1) is 0 Å². The number of piperidine rings is 1. The van der Waals surface area contributed by atoms with Gasteiger partial charge in [-0.1, -0.05) is 0 Å².